The van der Waals surface area contributed by atoms with E-state index in [4.69, 9.17) is 27.9 Å². The van der Waals surface area contributed by atoms with E-state index in [9.17, 15) is 4.79 Å². The molecule has 6 heteroatoms. The number of hydrogen-bond donors (Lipinski definition) is 0. The molecule has 0 aliphatic rings. The van der Waals surface area contributed by atoms with E-state index in [-0.39, 0.29) is 19.0 Å². The summed E-state index contributed by atoms with van der Waals surface area (Å²) in [5, 5.41) is 5.35. The first-order valence-electron chi connectivity index (χ1n) is 6.56. The summed E-state index contributed by atoms with van der Waals surface area (Å²) in [6.07, 6.45) is 0.271. The molecular weight excluding hydrogens is 311 g/mol. The minimum atomic E-state index is -0.284. The molecule has 112 valence electrons. The van der Waals surface area contributed by atoms with Gasteiger partial charge in [-0.05, 0) is 32.0 Å². The molecule has 0 saturated heterocycles. The SMILES string of the molecule is Cc1cc(C)n(CCC(=O)OCc2ccc(Cl)cc2Cl)n1. The van der Waals surface area contributed by atoms with Crippen LogP contribution in [-0.2, 0) is 22.7 Å². The molecule has 1 heterocycles. The fourth-order valence-corrected chi connectivity index (χ4v) is 2.43. The number of carbonyl (C=O) groups is 1. The highest BCUT2D eigenvalue weighted by Gasteiger charge is 2.08. The number of nitrogens with zero attached hydrogens (tertiary/aromatic N) is 2. The summed E-state index contributed by atoms with van der Waals surface area (Å²) >= 11 is 11.8. The Balaban J connectivity index is 1.83. The van der Waals surface area contributed by atoms with Gasteiger partial charge in [0.2, 0.25) is 0 Å². The van der Waals surface area contributed by atoms with Gasteiger partial charge >= 0.3 is 5.97 Å². The van der Waals surface area contributed by atoms with Gasteiger partial charge in [0.05, 0.1) is 18.7 Å². The van der Waals surface area contributed by atoms with E-state index in [2.05, 4.69) is 5.10 Å². The maximum Gasteiger partial charge on any atom is 0.308 e. The average molecular weight is 327 g/mol. The van der Waals surface area contributed by atoms with E-state index < -0.39 is 0 Å². The summed E-state index contributed by atoms with van der Waals surface area (Å²) in [6, 6.07) is 7.06. The van der Waals surface area contributed by atoms with Crippen LogP contribution in [0.3, 0.4) is 0 Å². The van der Waals surface area contributed by atoms with E-state index in [0.29, 0.717) is 16.6 Å². The number of aryl methyl sites for hydroxylation is 3. The van der Waals surface area contributed by atoms with E-state index in [1.54, 1.807) is 22.9 Å². The maximum absolute atomic E-state index is 11.8. The Morgan fingerprint density at radius 1 is 1.29 bits per heavy atom. The molecule has 0 fully saturated rings. The first-order valence-corrected chi connectivity index (χ1v) is 7.32. The van der Waals surface area contributed by atoms with Gasteiger partial charge in [0, 0.05) is 21.3 Å². The van der Waals surface area contributed by atoms with Gasteiger partial charge in [0.15, 0.2) is 0 Å². The van der Waals surface area contributed by atoms with Crippen molar-refractivity contribution in [3.05, 3.63) is 51.3 Å². The van der Waals surface area contributed by atoms with E-state index in [1.807, 2.05) is 19.9 Å². The zero-order chi connectivity index (χ0) is 15.4. The number of rotatable bonds is 5. The second-order valence-electron chi connectivity index (χ2n) is 4.80. The number of benzene rings is 1. The van der Waals surface area contributed by atoms with Gasteiger partial charge in [0.1, 0.15) is 6.61 Å². The van der Waals surface area contributed by atoms with Crippen LogP contribution in [0.25, 0.3) is 0 Å². The van der Waals surface area contributed by atoms with Gasteiger partial charge in [-0.15, -0.1) is 0 Å². The van der Waals surface area contributed by atoms with Crippen LogP contribution in [0.4, 0.5) is 0 Å². The van der Waals surface area contributed by atoms with Crippen LogP contribution in [0.15, 0.2) is 24.3 Å². The highest BCUT2D eigenvalue weighted by molar-refractivity contribution is 6.35. The molecule has 1 aromatic carbocycles. The lowest BCUT2D eigenvalue weighted by Crippen LogP contribution is -2.11. The van der Waals surface area contributed by atoms with Crippen molar-refractivity contribution in [3.8, 4) is 0 Å². The lowest BCUT2D eigenvalue weighted by molar-refractivity contribution is -0.145. The Morgan fingerprint density at radius 3 is 2.67 bits per heavy atom. The summed E-state index contributed by atoms with van der Waals surface area (Å²) in [7, 11) is 0. The zero-order valence-corrected chi connectivity index (χ0v) is 13.4. The van der Waals surface area contributed by atoms with Gasteiger partial charge in [-0.2, -0.15) is 5.10 Å². The van der Waals surface area contributed by atoms with Gasteiger partial charge in [-0.1, -0.05) is 29.3 Å². The lowest BCUT2D eigenvalue weighted by Gasteiger charge is -2.08. The van der Waals surface area contributed by atoms with Crippen LogP contribution in [-0.4, -0.2) is 15.7 Å². The Kier molecular flexibility index (Phi) is 5.26. The van der Waals surface area contributed by atoms with Crippen LogP contribution in [0, 0.1) is 13.8 Å². The number of hydrogen-bond acceptors (Lipinski definition) is 3. The summed E-state index contributed by atoms with van der Waals surface area (Å²) in [4.78, 5) is 11.8. The normalized spacial score (nSPS) is 10.7. The number of ether oxygens (including phenoxy) is 1. The molecule has 0 bridgehead atoms. The molecule has 2 aromatic rings. The van der Waals surface area contributed by atoms with Crippen LogP contribution in [0.2, 0.25) is 10.0 Å². The van der Waals surface area contributed by atoms with Gasteiger partial charge in [-0.3, -0.25) is 9.48 Å². The summed E-state index contributed by atoms with van der Waals surface area (Å²) in [5.74, 6) is -0.284. The molecule has 0 spiro atoms. The fourth-order valence-electron chi connectivity index (χ4n) is 1.97. The molecule has 2 rings (SSSR count). The van der Waals surface area contributed by atoms with Gasteiger partial charge in [-0.25, -0.2) is 0 Å². The van der Waals surface area contributed by atoms with Crippen molar-refractivity contribution < 1.29 is 9.53 Å². The van der Waals surface area contributed by atoms with Crippen LogP contribution in [0.5, 0.6) is 0 Å². The first-order chi connectivity index (χ1) is 9.95. The first kappa shape index (κ1) is 15.9. The third kappa shape index (κ3) is 4.48. The zero-order valence-electron chi connectivity index (χ0n) is 11.9. The molecule has 0 aliphatic heterocycles. The van der Waals surface area contributed by atoms with Crippen molar-refractivity contribution in [2.24, 2.45) is 0 Å². The molecule has 1 aromatic heterocycles. The van der Waals surface area contributed by atoms with Crippen molar-refractivity contribution in [3.63, 3.8) is 0 Å². The highest BCUT2D eigenvalue weighted by Crippen LogP contribution is 2.21. The van der Waals surface area contributed by atoms with Crippen molar-refractivity contribution in [1.82, 2.24) is 9.78 Å². The van der Waals surface area contributed by atoms with Crippen LogP contribution in [0.1, 0.15) is 23.4 Å². The molecule has 0 N–H and O–H groups in total. The van der Waals surface area contributed by atoms with E-state index >= 15 is 0 Å². The Labute approximate surface area is 133 Å². The topological polar surface area (TPSA) is 44.1 Å². The smallest absolute Gasteiger partial charge is 0.308 e. The molecule has 21 heavy (non-hydrogen) atoms. The Morgan fingerprint density at radius 2 is 2.05 bits per heavy atom. The quantitative estimate of drug-likeness (QED) is 0.781. The maximum atomic E-state index is 11.8. The number of halogens is 2. The van der Waals surface area contributed by atoms with E-state index in [0.717, 1.165) is 17.0 Å². The number of aromatic nitrogens is 2. The summed E-state index contributed by atoms with van der Waals surface area (Å²) in [6.45, 7) is 4.53. The molecule has 0 atom stereocenters. The summed E-state index contributed by atoms with van der Waals surface area (Å²) in [5.41, 5.74) is 2.70. The third-order valence-electron chi connectivity index (χ3n) is 3.03. The standard InChI is InChI=1S/C15H16Cl2N2O2/c1-10-7-11(2)19(18-10)6-5-15(20)21-9-12-3-4-13(16)8-14(12)17/h3-4,7-8H,5-6,9H2,1-2H3. The largest absolute Gasteiger partial charge is 0.461 e. The molecule has 0 amide bonds. The van der Waals surface area contributed by atoms with Gasteiger partial charge in [0.25, 0.3) is 0 Å². The van der Waals surface area contributed by atoms with E-state index in [1.165, 1.54) is 0 Å². The van der Waals surface area contributed by atoms with Crippen LogP contribution < -0.4 is 0 Å². The third-order valence-corrected chi connectivity index (χ3v) is 3.62. The molecule has 0 saturated carbocycles. The molecule has 0 unspecified atom stereocenters. The second kappa shape index (κ2) is 6.96. The van der Waals surface area contributed by atoms with Gasteiger partial charge < -0.3 is 4.74 Å². The second-order valence-corrected chi connectivity index (χ2v) is 5.64. The van der Waals surface area contributed by atoms with Crippen molar-refractivity contribution >= 4 is 29.2 Å². The van der Waals surface area contributed by atoms with Crippen molar-refractivity contribution in [1.29, 1.82) is 0 Å². The predicted molar refractivity (Wildman–Crippen MR) is 82.6 cm³/mol. The average Bonchev–Trinajstić information content (AvgIpc) is 2.73. The number of esters is 1. The predicted octanol–water partition coefficient (Wildman–Crippen LogP) is 3.94. The van der Waals surface area contributed by atoms with Crippen molar-refractivity contribution in [2.45, 2.75) is 33.4 Å². The molecule has 4 nitrogen and oxygen atoms in total. The fraction of sp³-hybridized carbons (Fsp3) is 0.333. The minimum absolute atomic E-state index is 0.145. The Hall–Kier alpha value is -1.52. The monoisotopic (exact) mass is 326 g/mol. The molecular formula is C15H16Cl2N2O2. The minimum Gasteiger partial charge on any atom is -0.461 e. The van der Waals surface area contributed by atoms with Crippen LogP contribution >= 0.6 is 23.2 Å². The highest BCUT2D eigenvalue weighted by atomic mass is 35.5. The number of carbonyl (C=O) groups excluding carboxylic acids is 1. The summed E-state index contributed by atoms with van der Waals surface area (Å²) < 4.78 is 7.01. The Bertz CT molecular complexity index is 653. The molecule has 0 radical (unpaired) electrons. The lowest BCUT2D eigenvalue weighted by atomic mass is 10.2. The van der Waals surface area contributed by atoms with Crippen molar-refractivity contribution in [2.75, 3.05) is 0 Å². The molecule has 0 aliphatic carbocycles.